The lowest BCUT2D eigenvalue weighted by molar-refractivity contribution is -0.113. The predicted molar refractivity (Wildman–Crippen MR) is 106 cm³/mol. The number of hydrogen-bond donors (Lipinski definition) is 2. The number of allylic oxidation sites excluding steroid dienone is 2. The van der Waals surface area contributed by atoms with Crippen molar-refractivity contribution in [3.8, 4) is 0 Å². The van der Waals surface area contributed by atoms with Crippen molar-refractivity contribution in [2.75, 3.05) is 10.6 Å². The van der Waals surface area contributed by atoms with E-state index in [-0.39, 0.29) is 11.9 Å². The smallest absolute Gasteiger partial charge is 0.255 e. The van der Waals surface area contributed by atoms with Crippen LogP contribution in [0.1, 0.15) is 18.5 Å². The number of fused-ring (bicyclic) bond motifs is 1. The number of hydrogen-bond acceptors (Lipinski definition) is 4. The van der Waals surface area contributed by atoms with Gasteiger partial charge < -0.3 is 10.6 Å². The van der Waals surface area contributed by atoms with Gasteiger partial charge in [-0.2, -0.15) is 10.1 Å². The highest BCUT2D eigenvalue weighted by molar-refractivity contribution is 6.05. The normalized spacial score (nSPS) is 16.1. The maximum absolute atomic E-state index is 13.0. The molecule has 27 heavy (non-hydrogen) atoms. The third-order valence-electron chi connectivity index (χ3n) is 4.38. The minimum Gasteiger partial charge on any atom is -0.328 e. The lowest BCUT2D eigenvalue weighted by Gasteiger charge is -2.26. The van der Waals surface area contributed by atoms with Gasteiger partial charge in [0.05, 0.1) is 5.57 Å². The Balaban J connectivity index is 1.68. The molecule has 1 atom stereocenters. The summed E-state index contributed by atoms with van der Waals surface area (Å²) < 4.78 is 1.71. The molecule has 0 fully saturated rings. The first-order chi connectivity index (χ1) is 13.2. The van der Waals surface area contributed by atoms with Gasteiger partial charge in [-0.25, -0.2) is 4.68 Å². The summed E-state index contributed by atoms with van der Waals surface area (Å²) in [7, 11) is 0. The molecule has 6 nitrogen and oxygen atoms in total. The second kappa shape index (κ2) is 7.29. The summed E-state index contributed by atoms with van der Waals surface area (Å²) in [5.41, 5.74) is 3.16. The Labute approximate surface area is 157 Å². The summed E-state index contributed by atoms with van der Waals surface area (Å²) in [5, 5.41) is 10.4. The topological polar surface area (TPSA) is 71.8 Å². The van der Waals surface area contributed by atoms with E-state index in [4.69, 9.17) is 0 Å². The van der Waals surface area contributed by atoms with E-state index >= 15 is 0 Å². The number of carbonyl (C=O) groups excluding carboxylic acids is 1. The third kappa shape index (κ3) is 3.50. The number of aromatic nitrogens is 3. The number of nitrogens with zero attached hydrogens (tertiary/aromatic N) is 3. The van der Waals surface area contributed by atoms with Crippen LogP contribution in [-0.4, -0.2) is 20.7 Å². The molecule has 0 spiro atoms. The molecular formula is C21H19N5O. The van der Waals surface area contributed by atoms with Gasteiger partial charge in [-0.15, -0.1) is 0 Å². The quantitative estimate of drug-likeness (QED) is 0.743. The summed E-state index contributed by atoms with van der Waals surface area (Å²) in [5.74, 6) is 0.446. The highest BCUT2D eigenvalue weighted by Crippen LogP contribution is 2.31. The molecule has 4 rings (SSSR count). The van der Waals surface area contributed by atoms with Crippen LogP contribution in [0.15, 0.2) is 84.3 Å². The summed E-state index contributed by atoms with van der Waals surface area (Å²) >= 11 is 0. The molecule has 0 bridgehead atoms. The SMILES string of the molecule is CC1=C(C(=O)Nc2ccccc2)[C@H](/C=C\c2ccccc2)n2ncnc2N1. The van der Waals surface area contributed by atoms with E-state index in [1.54, 1.807) is 4.68 Å². The van der Waals surface area contributed by atoms with Gasteiger partial charge in [-0.1, -0.05) is 60.7 Å². The molecular weight excluding hydrogens is 338 g/mol. The zero-order valence-corrected chi connectivity index (χ0v) is 14.8. The molecule has 1 aliphatic rings. The molecule has 2 heterocycles. The van der Waals surface area contributed by atoms with Gasteiger partial charge in [0.1, 0.15) is 12.4 Å². The maximum Gasteiger partial charge on any atom is 0.255 e. The molecule has 1 aliphatic heterocycles. The zero-order chi connectivity index (χ0) is 18.6. The number of benzene rings is 2. The number of nitrogens with one attached hydrogen (secondary N) is 2. The predicted octanol–water partition coefficient (Wildman–Crippen LogP) is 3.87. The molecule has 0 unspecified atom stereocenters. The van der Waals surface area contributed by atoms with Crippen LogP contribution in [0.2, 0.25) is 0 Å². The molecule has 134 valence electrons. The van der Waals surface area contributed by atoms with Crippen LogP contribution in [0, 0.1) is 0 Å². The summed E-state index contributed by atoms with van der Waals surface area (Å²) in [4.78, 5) is 17.3. The Morgan fingerprint density at radius 1 is 1.11 bits per heavy atom. The molecule has 2 N–H and O–H groups in total. The summed E-state index contributed by atoms with van der Waals surface area (Å²) in [6.07, 6.45) is 5.44. The number of anilines is 2. The maximum atomic E-state index is 13.0. The highest BCUT2D eigenvalue weighted by atomic mass is 16.1. The fraction of sp³-hybridized carbons (Fsp3) is 0.0952. The largest absolute Gasteiger partial charge is 0.328 e. The summed E-state index contributed by atoms with van der Waals surface area (Å²) in [6.45, 7) is 1.88. The number of rotatable bonds is 4. The van der Waals surface area contributed by atoms with Gasteiger partial charge in [0, 0.05) is 11.4 Å². The van der Waals surface area contributed by atoms with Crippen molar-refractivity contribution in [3.63, 3.8) is 0 Å². The van der Waals surface area contributed by atoms with Crippen LogP contribution in [0.5, 0.6) is 0 Å². The van der Waals surface area contributed by atoms with E-state index in [1.807, 2.05) is 79.7 Å². The molecule has 0 aliphatic carbocycles. The van der Waals surface area contributed by atoms with Crippen LogP contribution >= 0.6 is 0 Å². The second-order valence-corrected chi connectivity index (χ2v) is 6.23. The number of carbonyl (C=O) groups is 1. The van der Waals surface area contributed by atoms with Crippen molar-refractivity contribution in [2.45, 2.75) is 13.0 Å². The van der Waals surface area contributed by atoms with E-state index in [9.17, 15) is 4.79 Å². The standard InChI is InChI=1S/C21H19N5O/c1-15-19(20(27)25-17-10-6-3-7-11-17)18(26-21(24-15)22-14-23-26)13-12-16-8-4-2-5-9-16/h2-14,18H,1H3,(H,25,27)(H,22,23,24)/b13-12-/t18-/m0/s1. The van der Waals surface area contributed by atoms with Crippen molar-refractivity contribution in [3.05, 3.63) is 89.9 Å². The lowest BCUT2D eigenvalue weighted by Crippen LogP contribution is -2.30. The molecule has 6 heteroatoms. The average Bonchev–Trinajstić information content (AvgIpc) is 3.15. The van der Waals surface area contributed by atoms with Gasteiger partial charge >= 0.3 is 0 Å². The minimum absolute atomic E-state index is 0.171. The fourth-order valence-corrected chi connectivity index (χ4v) is 3.09. The molecule has 3 aromatic rings. The van der Waals surface area contributed by atoms with Crippen molar-refractivity contribution < 1.29 is 4.79 Å². The van der Waals surface area contributed by atoms with Crippen LogP contribution < -0.4 is 10.6 Å². The van der Waals surface area contributed by atoms with E-state index in [0.717, 1.165) is 16.9 Å². The average molecular weight is 357 g/mol. The van der Waals surface area contributed by atoms with Crippen LogP contribution in [0.25, 0.3) is 6.08 Å². The van der Waals surface area contributed by atoms with E-state index in [1.165, 1.54) is 6.33 Å². The molecule has 0 radical (unpaired) electrons. The van der Waals surface area contributed by atoms with E-state index in [0.29, 0.717) is 11.5 Å². The Bertz CT molecular complexity index is 1010. The first kappa shape index (κ1) is 16.8. The molecule has 0 saturated heterocycles. The van der Waals surface area contributed by atoms with Gasteiger partial charge in [-0.3, -0.25) is 4.79 Å². The van der Waals surface area contributed by atoms with Crippen molar-refractivity contribution in [2.24, 2.45) is 0 Å². The first-order valence-electron chi connectivity index (χ1n) is 8.69. The Morgan fingerprint density at radius 2 is 1.81 bits per heavy atom. The number of amides is 1. The van der Waals surface area contributed by atoms with Gasteiger partial charge in [0.15, 0.2) is 0 Å². The monoisotopic (exact) mass is 357 g/mol. The van der Waals surface area contributed by atoms with Gasteiger partial charge in [0.2, 0.25) is 5.95 Å². The van der Waals surface area contributed by atoms with Crippen LogP contribution in [0.3, 0.4) is 0 Å². The highest BCUT2D eigenvalue weighted by Gasteiger charge is 2.30. The Kier molecular flexibility index (Phi) is 4.53. The van der Waals surface area contributed by atoms with Crippen LogP contribution in [-0.2, 0) is 4.79 Å². The molecule has 0 saturated carbocycles. The Morgan fingerprint density at radius 3 is 2.56 bits per heavy atom. The minimum atomic E-state index is -0.354. The fourth-order valence-electron chi connectivity index (χ4n) is 3.09. The van der Waals surface area contributed by atoms with E-state index < -0.39 is 0 Å². The van der Waals surface area contributed by atoms with Crippen LogP contribution in [0.4, 0.5) is 11.6 Å². The zero-order valence-electron chi connectivity index (χ0n) is 14.8. The van der Waals surface area contributed by atoms with Crippen molar-refractivity contribution >= 4 is 23.6 Å². The lowest BCUT2D eigenvalue weighted by atomic mass is 10.0. The van der Waals surface area contributed by atoms with Crippen molar-refractivity contribution in [1.82, 2.24) is 14.8 Å². The van der Waals surface area contributed by atoms with E-state index in [2.05, 4.69) is 20.7 Å². The number of para-hydroxylation sites is 1. The third-order valence-corrected chi connectivity index (χ3v) is 4.38. The Hall–Kier alpha value is -3.67. The van der Waals surface area contributed by atoms with Gasteiger partial charge in [-0.05, 0) is 24.6 Å². The molecule has 1 amide bonds. The van der Waals surface area contributed by atoms with Gasteiger partial charge in [0.25, 0.3) is 5.91 Å². The first-order valence-corrected chi connectivity index (χ1v) is 8.69. The molecule has 2 aromatic carbocycles. The van der Waals surface area contributed by atoms with Crippen molar-refractivity contribution in [1.29, 1.82) is 0 Å². The molecule has 1 aromatic heterocycles. The summed E-state index contributed by atoms with van der Waals surface area (Å²) in [6, 6.07) is 19.0. The second-order valence-electron chi connectivity index (χ2n) is 6.23.